The van der Waals surface area contributed by atoms with E-state index in [0.29, 0.717) is 6.42 Å². The fraction of sp³-hybridized carbons (Fsp3) is 0.385. The minimum Gasteiger partial charge on any atom is -0.481 e. The van der Waals surface area contributed by atoms with Crippen LogP contribution in [0.3, 0.4) is 0 Å². The van der Waals surface area contributed by atoms with Crippen LogP contribution in [0.5, 0.6) is 0 Å². The highest BCUT2D eigenvalue weighted by atomic mass is 16.6. The predicted molar refractivity (Wildman–Crippen MR) is 69.0 cm³/mol. The van der Waals surface area contributed by atoms with E-state index in [1.54, 1.807) is 0 Å². The van der Waals surface area contributed by atoms with E-state index in [1.165, 1.54) is 0 Å². The number of aliphatic carboxylic acids is 1. The zero-order valence-electron chi connectivity index (χ0n) is 10.5. The SMILES string of the molecule is CN(C)c1ccc(C2=NOC(CC(=O)O)C2)cc1. The largest absolute Gasteiger partial charge is 0.481 e. The molecule has 0 spiro atoms. The number of anilines is 1. The molecule has 1 N–H and O–H groups in total. The van der Waals surface area contributed by atoms with Crippen LogP contribution in [-0.4, -0.2) is 37.0 Å². The van der Waals surface area contributed by atoms with E-state index in [0.717, 1.165) is 17.0 Å². The summed E-state index contributed by atoms with van der Waals surface area (Å²) in [6.07, 6.45) is 0.196. The van der Waals surface area contributed by atoms with Crippen LogP contribution in [0.1, 0.15) is 18.4 Å². The fourth-order valence-corrected chi connectivity index (χ4v) is 1.86. The Labute approximate surface area is 106 Å². The standard InChI is InChI=1S/C13H16N2O3/c1-15(2)10-5-3-9(4-6-10)12-7-11(18-14-12)8-13(16)17/h3-6,11H,7-8H2,1-2H3,(H,16,17). The molecule has 0 aromatic heterocycles. The summed E-state index contributed by atoms with van der Waals surface area (Å²) < 4.78 is 0. The third-order valence-electron chi connectivity index (χ3n) is 2.85. The maximum atomic E-state index is 10.6. The first-order chi connectivity index (χ1) is 8.56. The highest BCUT2D eigenvalue weighted by molar-refractivity contribution is 6.01. The Morgan fingerprint density at radius 3 is 2.67 bits per heavy atom. The van der Waals surface area contributed by atoms with Crippen LogP contribution in [0.4, 0.5) is 5.69 Å². The predicted octanol–water partition coefficient (Wildman–Crippen LogP) is 1.72. The lowest BCUT2D eigenvalue weighted by molar-refractivity contribution is -0.139. The van der Waals surface area contributed by atoms with E-state index >= 15 is 0 Å². The first-order valence-electron chi connectivity index (χ1n) is 5.78. The first kappa shape index (κ1) is 12.4. The van der Waals surface area contributed by atoms with Crippen LogP contribution < -0.4 is 4.90 Å². The number of rotatable bonds is 4. The van der Waals surface area contributed by atoms with Crippen LogP contribution in [0.2, 0.25) is 0 Å². The summed E-state index contributed by atoms with van der Waals surface area (Å²) in [4.78, 5) is 17.7. The van der Waals surface area contributed by atoms with Crippen molar-refractivity contribution >= 4 is 17.4 Å². The van der Waals surface area contributed by atoms with Crippen LogP contribution in [0, 0.1) is 0 Å². The fourth-order valence-electron chi connectivity index (χ4n) is 1.86. The number of benzene rings is 1. The molecule has 0 fully saturated rings. The lowest BCUT2D eigenvalue weighted by Gasteiger charge is -2.12. The summed E-state index contributed by atoms with van der Waals surface area (Å²) in [5, 5.41) is 12.6. The molecule has 1 aromatic carbocycles. The van der Waals surface area contributed by atoms with Gasteiger partial charge >= 0.3 is 5.97 Å². The number of carboxylic acid groups (broad SMARTS) is 1. The van der Waals surface area contributed by atoms with Gasteiger partial charge in [-0.3, -0.25) is 4.79 Å². The van der Waals surface area contributed by atoms with Crippen molar-refractivity contribution in [3.8, 4) is 0 Å². The molecule has 1 aliphatic heterocycles. The van der Waals surface area contributed by atoms with E-state index in [9.17, 15) is 4.79 Å². The van der Waals surface area contributed by atoms with Gasteiger partial charge in [-0.1, -0.05) is 17.3 Å². The van der Waals surface area contributed by atoms with Gasteiger partial charge in [0.15, 0.2) is 0 Å². The normalized spacial score (nSPS) is 18.1. The van der Waals surface area contributed by atoms with Crippen molar-refractivity contribution in [2.24, 2.45) is 5.16 Å². The third-order valence-corrected chi connectivity index (χ3v) is 2.85. The molecule has 0 aliphatic carbocycles. The smallest absolute Gasteiger partial charge is 0.307 e. The van der Waals surface area contributed by atoms with Gasteiger partial charge in [0.2, 0.25) is 0 Å². The second-order valence-electron chi connectivity index (χ2n) is 4.51. The molecule has 18 heavy (non-hydrogen) atoms. The molecular formula is C13H16N2O3. The molecule has 1 aromatic rings. The molecule has 0 saturated heterocycles. The van der Waals surface area contributed by atoms with Crippen molar-refractivity contribution < 1.29 is 14.7 Å². The second kappa shape index (κ2) is 5.08. The van der Waals surface area contributed by atoms with Gasteiger partial charge in [0, 0.05) is 26.2 Å². The van der Waals surface area contributed by atoms with Crippen molar-refractivity contribution in [2.45, 2.75) is 18.9 Å². The Morgan fingerprint density at radius 1 is 1.44 bits per heavy atom. The quantitative estimate of drug-likeness (QED) is 0.881. The first-order valence-corrected chi connectivity index (χ1v) is 5.78. The van der Waals surface area contributed by atoms with Gasteiger partial charge in [0.1, 0.15) is 6.10 Å². The van der Waals surface area contributed by atoms with Crippen molar-refractivity contribution in [2.75, 3.05) is 19.0 Å². The minimum atomic E-state index is -0.862. The maximum Gasteiger partial charge on any atom is 0.307 e. The molecule has 1 heterocycles. The Kier molecular flexibility index (Phi) is 3.50. The lowest BCUT2D eigenvalue weighted by Crippen LogP contribution is -2.14. The van der Waals surface area contributed by atoms with E-state index in [-0.39, 0.29) is 12.5 Å². The van der Waals surface area contributed by atoms with E-state index in [2.05, 4.69) is 5.16 Å². The van der Waals surface area contributed by atoms with Crippen molar-refractivity contribution in [3.05, 3.63) is 29.8 Å². The zero-order valence-corrected chi connectivity index (χ0v) is 10.5. The average Bonchev–Trinajstić information content (AvgIpc) is 2.76. The monoisotopic (exact) mass is 248 g/mol. The number of oxime groups is 1. The molecular weight excluding hydrogens is 232 g/mol. The van der Waals surface area contributed by atoms with E-state index in [4.69, 9.17) is 9.94 Å². The molecule has 1 unspecified atom stereocenters. The molecule has 1 aliphatic rings. The average molecular weight is 248 g/mol. The van der Waals surface area contributed by atoms with Gasteiger partial charge in [0.25, 0.3) is 0 Å². The van der Waals surface area contributed by atoms with Gasteiger partial charge in [-0.2, -0.15) is 0 Å². The minimum absolute atomic E-state index is 0.0111. The lowest BCUT2D eigenvalue weighted by atomic mass is 10.0. The number of hydrogen-bond acceptors (Lipinski definition) is 4. The van der Waals surface area contributed by atoms with Crippen molar-refractivity contribution in [1.82, 2.24) is 0 Å². The van der Waals surface area contributed by atoms with Crippen LogP contribution in [-0.2, 0) is 9.63 Å². The summed E-state index contributed by atoms with van der Waals surface area (Å²) in [6.45, 7) is 0. The van der Waals surface area contributed by atoms with Crippen molar-refractivity contribution in [3.63, 3.8) is 0 Å². The summed E-state index contributed by atoms with van der Waals surface area (Å²) in [5.74, 6) is -0.862. The number of hydrogen-bond donors (Lipinski definition) is 1. The summed E-state index contributed by atoms with van der Waals surface area (Å²) >= 11 is 0. The van der Waals surface area contributed by atoms with Gasteiger partial charge in [-0.15, -0.1) is 0 Å². The van der Waals surface area contributed by atoms with Gasteiger partial charge < -0.3 is 14.8 Å². The number of carboxylic acids is 1. The molecule has 1 atom stereocenters. The molecule has 0 radical (unpaired) electrons. The number of carbonyl (C=O) groups is 1. The Morgan fingerprint density at radius 2 is 2.11 bits per heavy atom. The van der Waals surface area contributed by atoms with E-state index in [1.807, 2.05) is 43.3 Å². The molecule has 0 bridgehead atoms. The zero-order chi connectivity index (χ0) is 13.1. The topological polar surface area (TPSA) is 62.1 Å². The van der Waals surface area contributed by atoms with Crippen LogP contribution in [0.25, 0.3) is 0 Å². The van der Waals surface area contributed by atoms with Crippen LogP contribution >= 0.6 is 0 Å². The van der Waals surface area contributed by atoms with Gasteiger partial charge in [0.05, 0.1) is 12.1 Å². The van der Waals surface area contributed by atoms with Crippen molar-refractivity contribution in [1.29, 1.82) is 0 Å². The van der Waals surface area contributed by atoms with Crippen LogP contribution in [0.15, 0.2) is 29.4 Å². The molecule has 0 saturated carbocycles. The summed E-state index contributed by atoms with van der Waals surface area (Å²) in [7, 11) is 3.96. The molecule has 96 valence electrons. The highest BCUT2D eigenvalue weighted by Crippen LogP contribution is 2.20. The van der Waals surface area contributed by atoms with E-state index < -0.39 is 5.97 Å². The molecule has 5 nitrogen and oxygen atoms in total. The highest BCUT2D eigenvalue weighted by Gasteiger charge is 2.24. The third kappa shape index (κ3) is 2.80. The van der Waals surface area contributed by atoms with Gasteiger partial charge in [-0.05, 0) is 17.7 Å². The Hall–Kier alpha value is -2.04. The molecule has 2 rings (SSSR count). The van der Waals surface area contributed by atoms with Gasteiger partial charge in [-0.25, -0.2) is 0 Å². The maximum absolute atomic E-state index is 10.6. The Bertz CT molecular complexity index is 466. The second-order valence-corrected chi connectivity index (χ2v) is 4.51. The number of nitrogens with zero attached hydrogens (tertiary/aromatic N) is 2. The molecule has 0 amide bonds. The summed E-state index contributed by atoms with van der Waals surface area (Å²) in [5.41, 5.74) is 2.90. The Balaban J connectivity index is 2.03. The molecule has 5 heteroatoms. The summed E-state index contributed by atoms with van der Waals surface area (Å²) in [6, 6.07) is 7.95.